The molecule has 0 saturated heterocycles. The Kier molecular flexibility index (Phi) is 2.51. The number of aryl methyl sites for hydroxylation is 1. The van der Waals surface area contributed by atoms with E-state index in [9.17, 15) is 0 Å². The number of aromatic amines is 1. The molecule has 0 unspecified atom stereocenters. The van der Waals surface area contributed by atoms with Crippen molar-refractivity contribution in [3.8, 4) is 17.3 Å². The third-order valence-electron chi connectivity index (χ3n) is 2.40. The lowest BCUT2D eigenvalue weighted by Crippen LogP contribution is -1.84. The summed E-state index contributed by atoms with van der Waals surface area (Å²) in [6, 6.07) is 10.2. The van der Waals surface area contributed by atoms with Gasteiger partial charge in [0.2, 0.25) is 0 Å². The largest absolute Gasteiger partial charge is 0.343 e. The summed E-state index contributed by atoms with van der Waals surface area (Å²) in [6.07, 6.45) is 2.57. The predicted molar refractivity (Wildman–Crippen MR) is 58.1 cm³/mol. The Labute approximate surface area is 88.4 Å². The van der Waals surface area contributed by atoms with E-state index in [0.29, 0.717) is 5.69 Å². The van der Waals surface area contributed by atoms with Crippen LogP contribution in [0.25, 0.3) is 11.3 Å². The summed E-state index contributed by atoms with van der Waals surface area (Å²) in [6.45, 7) is 2.12. The number of imidazole rings is 1. The van der Waals surface area contributed by atoms with Crippen molar-refractivity contribution < 1.29 is 0 Å². The normalized spacial score (nSPS) is 9.87. The fourth-order valence-corrected chi connectivity index (χ4v) is 1.51. The second-order valence-electron chi connectivity index (χ2n) is 3.29. The molecule has 1 N–H and O–H groups in total. The second-order valence-corrected chi connectivity index (χ2v) is 3.29. The van der Waals surface area contributed by atoms with Crippen molar-refractivity contribution >= 4 is 0 Å². The van der Waals surface area contributed by atoms with E-state index >= 15 is 0 Å². The van der Waals surface area contributed by atoms with Crippen molar-refractivity contribution in [3.05, 3.63) is 41.9 Å². The Morgan fingerprint density at radius 2 is 2.07 bits per heavy atom. The molecule has 0 amide bonds. The van der Waals surface area contributed by atoms with Crippen molar-refractivity contribution in [2.24, 2.45) is 0 Å². The van der Waals surface area contributed by atoms with Crippen LogP contribution in [0.1, 0.15) is 18.2 Å². The molecule has 1 heterocycles. The van der Waals surface area contributed by atoms with E-state index in [1.807, 2.05) is 12.1 Å². The van der Waals surface area contributed by atoms with Gasteiger partial charge in [0.15, 0.2) is 5.69 Å². The van der Waals surface area contributed by atoms with Crippen LogP contribution in [-0.4, -0.2) is 9.97 Å². The summed E-state index contributed by atoms with van der Waals surface area (Å²) in [5.41, 5.74) is 3.53. The molecular weight excluding hydrogens is 186 g/mol. The van der Waals surface area contributed by atoms with Gasteiger partial charge in [0.25, 0.3) is 0 Å². The third kappa shape index (κ3) is 1.75. The Balaban J connectivity index is 2.42. The van der Waals surface area contributed by atoms with Crippen molar-refractivity contribution in [2.45, 2.75) is 13.3 Å². The lowest BCUT2D eigenvalue weighted by Gasteiger charge is -2.00. The molecule has 3 heteroatoms. The fraction of sp³-hybridized carbons (Fsp3) is 0.167. The molecule has 1 aromatic carbocycles. The monoisotopic (exact) mass is 197 g/mol. The lowest BCUT2D eigenvalue weighted by molar-refractivity contribution is 1.14. The molecule has 0 aliphatic carbocycles. The topological polar surface area (TPSA) is 52.5 Å². The Morgan fingerprint density at radius 3 is 2.67 bits per heavy atom. The summed E-state index contributed by atoms with van der Waals surface area (Å²) in [5.74, 6) is 0. The first-order valence-electron chi connectivity index (χ1n) is 4.88. The quantitative estimate of drug-likeness (QED) is 0.804. The minimum Gasteiger partial charge on any atom is -0.343 e. The zero-order valence-corrected chi connectivity index (χ0v) is 8.49. The standard InChI is InChI=1S/C12H11N3/c1-2-9-3-5-10(6-4-9)12-11(7-13)14-8-15-12/h3-6,8H,2H2,1H3,(H,14,15). The number of hydrogen-bond donors (Lipinski definition) is 1. The minimum atomic E-state index is 0.444. The van der Waals surface area contributed by atoms with E-state index in [1.165, 1.54) is 5.56 Å². The lowest BCUT2D eigenvalue weighted by atomic mass is 10.1. The number of nitrogens with zero attached hydrogens (tertiary/aromatic N) is 2. The van der Waals surface area contributed by atoms with Crippen molar-refractivity contribution in [2.75, 3.05) is 0 Å². The van der Waals surface area contributed by atoms with Crippen LogP contribution in [0.2, 0.25) is 0 Å². The van der Waals surface area contributed by atoms with Gasteiger partial charge in [-0.25, -0.2) is 4.98 Å². The van der Waals surface area contributed by atoms with Crippen LogP contribution in [0.3, 0.4) is 0 Å². The molecule has 0 bridgehead atoms. The van der Waals surface area contributed by atoms with Gasteiger partial charge in [-0.3, -0.25) is 0 Å². The van der Waals surface area contributed by atoms with E-state index in [2.05, 4.69) is 35.1 Å². The van der Waals surface area contributed by atoms with E-state index in [0.717, 1.165) is 17.7 Å². The molecule has 2 aromatic rings. The van der Waals surface area contributed by atoms with Crippen LogP contribution in [0.4, 0.5) is 0 Å². The van der Waals surface area contributed by atoms with Crippen LogP contribution in [0.15, 0.2) is 30.6 Å². The summed E-state index contributed by atoms with van der Waals surface area (Å²) in [4.78, 5) is 6.91. The third-order valence-corrected chi connectivity index (χ3v) is 2.40. The van der Waals surface area contributed by atoms with Gasteiger partial charge >= 0.3 is 0 Å². The Morgan fingerprint density at radius 1 is 1.33 bits per heavy atom. The molecule has 74 valence electrons. The maximum Gasteiger partial charge on any atom is 0.166 e. The summed E-state index contributed by atoms with van der Waals surface area (Å²) in [7, 11) is 0. The van der Waals surface area contributed by atoms with Gasteiger partial charge in [0.05, 0.1) is 12.0 Å². The Bertz CT molecular complexity index is 488. The first-order valence-corrected chi connectivity index (χ1v) is 4.88. The van der Waals surface area contributed by atoms with Crippen LogP contribution in [0, 0.1) is 11.3 Å². The smallest absolute Gasteiger partial charge is 0.166 e. The predicted octanol–water partition coefficient (Wildman–Crippen LogP) is 2.51. The number of H-pyrrole nitrogens is 1. The molecule has 15 heavy (non-hydrogen) atoms. The first-order chi connectivity index (χ1) is 7.35. The number of nitriles is 1. The summed E-state index contributed by atoms with van der Waals surface area (Å²) < 4.78 is 0. The van der Waals surface area contributed by atoms with Gasteiger partial charge in [0.1, 0.15) is 6.07 Å². The first kappa shape index (κ1) is 9.47. The maximum absolute atomic E-state index is 8.84. The molecule has 0 spiro atoms. The molecule has 0 aliphatic heterocycles. The highest BCUT2D eigenvalue weighted by Gasteiger charge is 2.06. The van der Waals surface area contributed by atoms with E-state index in [-0.39, 0.29) is 0 Å². The van der Waals surface area contributed by atoms with Crippen LogP contribution >= 0.6 is 0 Å². The van der Waals surface area contributed by atoms with Crippen molar-refractivity contribution in [1.29, 1.82) is 5.26 Å². The van der Waals surface area contributed by atoms with Crippen molar-refractivity contribution in [3.63, 3.8) is 0 Å². The van der Waals surface area contributed by atoms with Gasteiger partial charge in [-0.15, -0.1) is 0 Å². The second kappa shape index (κ2) is 3.97. The molecule has 0 radical (unpaired) electrons. The summed E-state index contributed by atoms with van der Waals surface area (Å²) in [5, 5.41) is 8.84. The van der Waals surface area contributed by atoms with Gasteiger partial charge < -0.3 is 4.98 Å². The maximum atomic E-state index is 8.84. The SMILES string of the molecule is CCc1ccc(-c2[nH]cnc2C#N)cc1. The van der Waals surface area contributed by atoms with Gasteiger partial charge in [-0.2, -0.15) is 5.26 Å². The highest BCUT2D eigenvalue weighted by atomic mass is 14.9. The van der Waals surface area contributed by atoms with E-state index in [4.69, 9.17) is 5.26 Å². The molecule has 0 aliphatic rings. The van der Waals surface area contributed by atoms with Crippen LogP contribution in [0.5, 0.6) is 0 Å². The average Bonchev–Trinajstić information content (AvgIpc) is 2.77. The van der Waals surface area contributed by atoms with E-state index in [1.54, 1.807) is 6.33 Å². The minimum absolute atomic E-state index is 0.444. The van der Waals surface area contributed by atoms with E-state index < -0.39 is 0 Å². The highest BCUT2D eigenvalue weighted by Crippen LogP contribution is 2.20. The number of nitrogens with one attached hydrogen (secondary N) is 1. The highest BCUT2D eigenvalue weighted by molar-refractivity contribution is 5.64. The number of hydrogen-bond acceptors (Lipinski definition) is 2. The zero-order chi connectivity index (χ0) is 10.7. The molecule has 2 rings (SSSR count). The van der Waals surface area contributed by atoms with Gasteiger partial charge in [-0.05, 0) is 12.0 Å². The molecular formula is C12H11N3. The summed E-state index contributed by atoms with van der Waals surface area (Å²) >= 11 is 0. The Hall–Kier alpha value is -2.08. The number of aromatic nitrogens is 2. The average molecular weight is 197 g/mol. The van der Waals surface area contributed by atoms with Crippen LogP contribution < -0.4 is 0 Å². The number of benzene rings is 1. The van der Waals surface area contributed by atoms with Crippen LogP contribution in [-0.2, 0) is 6.42 Å². The molecule has 3 nitrogen and oxygen atoms in total. The fourth-order valence-electron chi connectivity index (χ4n) is 1.51. The molecule has 0 saturated carbocycles. The molecule has 0 atom stereocenters. The molecule has 0 fully saturated rings. The zero-order valence-electron chi connectivity index (χ0n) is 8.49. The van der Waals surface area contributed by atoms with Crippen molar-refractivity contribution in [1.82, 2.24) is 9.97 Å². The van der Waals surface area contributed by atoms with Gasteiger partial charge in [0, 0.05) is 5.56 Å². The van der Waals surface area contributed by atoms with Gasteiger partial charge in [-0.1, -0.05) is 31.2 Å². The number of rotatable bonds is 2. The molecule has 1 aromatic heterocycles.